The second-order valence-electron chi connectivity index (χ2n) is 2.08. The summed E-state index contributed by atoms with van der Waals surface area (Å²) in [5.41, 5.74) is 0.424. The van der Waals surface area contributed by atoms with E-state index in [1.54, 1.807) is 13.0 Å². The van der Waals surface area contributed by atoms with Crippen molar-refractivity contribution in [3.05, 3.63) is 11.6 Å². The molecular formula is C6H12FNO4S. The van der Waals surface area contributed by atoms with E-state index in [0.29, 0.717) is 5.57 Å². The minimum Gasteiger partial charge on any atom is -0.478 e. The quantitative estimate of drug-likeness (QED) is 0.518. The van der Waals surface area contributed by atoms with Gasteiger partial charge >= 0.3 is 16.4 Å². The molecule has 0 aromatic rings. The Morgan fingerprint density at radius 3 is 2.00 bits per heavy atom. The zero-order valence-corrected chi connectivity index (χ0v) is 8.14. The molecule has 0 rings (SSSR count). The summed E-state index contributed by atoms with van der Waals surface area (Å²) >= 11 is 0. The Balaban J connectivity index is 0. The minimum atomic E-state index is -4.67. The van der Waals surface area contributed by atoms with E-state index >= 15 is 0 Å². The highest BCUT2D eigenvalue weighted by Gasteiger charge is 1.94. The van der Waals surface area contributed by atoms with Crippen LogP contribution in [0.2, 0.25) is 0 Å². The van der Waals surface area contributed by atoms with E-state index in [1.807, 2.05) is 6.92 Å². The monoisotopic (exact) mass is 213 g/mol. The topological polar surface area (TPSA) is 97.5 Å². The number of carbonyl (C=O) groups is 1. The predicted molar refractivity (Wildman–Crippen MR) is 45.9 cm³/mol. The summed E-state index contributed by atoms with van der Waals surface area (Å²) in [5.74, 6) is -0.827. The molecule has 5 nitrogen and oxygen atoms in total. The standard InChI is InChI=1S/C6H10O2.FH2NO2S/c1-3-4-5(2)6(7)8;1-5(2,3)4/h4H,3H2,1-2H3,(H,7,8);(H2,2,3,4). The van der Waals surface area contributed by atoms with Gasteiger partial charge < -0.3 is 5.11 Å². The number of allylic oxidation sites excluding steroid dienone is 1. The van der Waals surface area contributed by atoms with Gasteiger partial charge in [0.2, 0.25) is 0 Å². The maximum Gasteiger partial charge on any atom is 0.369 e. The number of carboxylic acid groups (broad SMARTS) is 1. The highest BCUT2D eigenvalue weighted by Crippen LogP contribution is 1.92. The van der Waals surface area contributed by atoms with E-state index < -0.39 is 16.4 Å². The lowest BCUT2D eigenvalue weighted by Crippen LogP contribution is -2.01. The fraction of sp³-hybridized carbons (Fsp3) is 0.500. The van der Waals surface area contributed by atoms with Crippen molar-refractivity contribution in [1.82, 2.24) is 0 Å². The van der Waals surface area contributed by atoms with Crippen molar-refractivity contribution in [1.29, 1.82) is 0 Å². The maximum atomic E-state index is 10.4. The van der Waals surface area contributed by atoms with E-state index in [4.69, 9.17) is 13.5 Å². The molecule has 0 unspecified atom stereocenters. The summed E-state index contributed by atoms with van der Waals surface area (Å²) in [5, 5.41) is 11.9. The van der Waals surface area contributed by atoms with Crippen molar-refractivity contribution in [3.63, 3.8) is 0 Å². The summed E-state index contributed by atoms with van der Waals surface area (Å²) in [6.45, 7) is 3.50. The highest BCUT2D eigenvalue weighted by molar-refractivity contribution is 7.83. The van der Waals surface area contributed by atoms with Gasteiger partial charge in [-0.25, -0.2) is 9.93 Å². The first-order valence-electron chi connectivity index (χ1n) is 3.31. The number of nitrogens with two attached hydrogens (primary N) is 1. The molecule has 13 heavy (non-hydrogen) atoms. The lowest BCUT2D eigenvalue weighted by atomic mass is 10.2. The van der Waals surface area contributed by atoms with Gasteiger partial charge in [0.1, 0.15) is 0 Å². The molecule has 0 atom stereocenters. The van der Waals surface area contributed by atoms with Crippen molar-refractivity contribution in [2.75, 3.05) is 0 Å². The Morgan fingerprint density at radius 1 is 1.62 bits per heavy atom. The summed E-state index contributed by atoms with van der Waals surface area (Å²) in [4.78, 5) is 10.0. The fourth-order valence-electron chi connectivity index (χ4n) is 0.393. The average molecular weight is 213 g/mol. The molecule has 7 heteroatoms. The zero-order valence-electron chi connectivity index (χ0n) is 7.32. The van der Waals surface area contributed by atoms with Crippen LogP contribution < -0.4 is 5.14 Å². The van der Waals surface area contributed by atoms with Crippen LogP contribution in [0.1, 0.15) is 20.3 Å². The number of rotatable bonds is 2. The van der Waals surface area contributed by atoms with Crippen LogP contribution in [0.3, 0.4) is 0 Å². The van der Waals surface area contributed by atoms with E-state index in [0.717, 1.165) is 6.42 Å². The Kier molecular flexibility index (Phi) is 7.34. The molecule has 3 N–H and O–H groups in total. The van der Waals surface area contributed by atoms with Crippen LogP contribution in [0.15, 0.2) is 11.6 Å². The fourth-order valence-corrected chi connectivity index (χ4v) is 0.393. The van der Waals surface area contributed by atoms with Crippen molar-refractivity contribution < 1.29 is 22.2 Å². The van der Waals surface area contributed by atoms with E-state index in [2.05, 4.69) is 5.14 Å². The van der Waals surface area contributed by atoms with Crippen LogP contribution in [-0.4, -0.2) is 19.5 Å². The number of aliphatic carboxylic acids is 1. The largest absolute Gasteiger partial charge is 0.478 e. The van der Waals surface area contributed by atoms with Crippen molar-refractivity contribution in [3.8, 4) is 0 Å². The third-order valence-corrected chi connectivity index (χ3v) is 0.848. The van der Waals surface area contributed by atoms with Crippen molar-refractivity contribution in [2.45, 2.75) is 20.3 Å². The Morgan fingerprint density at radius 2 is 1.92 bits per heavy atom. The van der Waals surface area contributed by atoms with Gasteiger partial charge in [-0.3, -0.25) is 0 Å². The van der Waals surface area contributed by atoms with E-state index in [1.165, 1.54) is 0 Å². The molecule has 0 saturated heterocycles. The Hall–Kier alpha value is -0.950. The summed E-state index contributed by atoms with van der Waals surface area (Å²) in [7, 11) is -4.67. The summed E-state index contributed by atoms with van der Waals surface area (Å²) in [6, 6.07) is 0. The molecule has 0 amide bonds. The molecule has 0 bridgehead atoms. The van der Waals surface area contributed by atoms with Crippen LogP contribution in [0.25, 0.3) is 0 Å². The lowest BCUT2D eigenvalue weighted by Gasteiger charge is -1.87. The number of hydrogen-bond acceptors (Lipinski definition) is 3. The number of halogens is 1. The van der Waals surface area contributed by atoms with E-state index in [-0.39, 0.29) is 0 Å². The number of carboxylic acids is 1. The Bertz CT molecular complexity index is 275. The molecule has 0 fully saturated rings. The molecule has 0 radical (unpaired) electrons. The molecular weight excluding hydrogens is 201 g/mol. The minimum absolute atomic E-state index is 0.424. The van der Waals surface area contributed by atoms with Gasteiger partial charge in [0.05, 0.1) is 0 Å². The van der Waals surface area contributed by atoms with E-state index in [9.17, 15) is 8.68 Å². The zero-order chi connectivity index (χ0) is 11.1. The highest BCUT2D eigenvalue weighted by atomic mass is 32.3. The molecule has 78 valence electrons. The second-order valence-corrected chi connectivity index (χ2v) is 3.03. The van der Waals surface area contributed by atoms with Gasteiger partial charge in [0.25, 0.3) is 0 Å². The molecule has 0 aliphatic rings. The first-order valence-corrected chi connectivity index (χ1v) is 4.75. The van der Waals surface area contributed by atoms with Crippen molar-refractivity contribution in [2.24, 2.45) is 5.14 Å². The van der Waals surface area contributed by atoms with Gasteiger partial charge in [-0.15, -0.1) is 0 Å². The number of hydrogen-bond donors (Lipinski definition) is 2. The summed E-state index contributed by atoms with van der Waals surface area (Å²) < 4.78 is 27.9. The van der Waals surface area contributed by atoms with Crippen LogP contribution in [0.5, 0.6) is 0 Å². The first-order chi connectivity index (χ1) is 5.68. The van der Waals surface area contributed by atoms with Gasteiger partial charge in [-0.2, -0.15) is 8.42 Å². The van der Waals surface area contributed by atoms with Crippen LogP contribution in [0, 0.1) is 0 Å². The second kappa shape index (κ2) is 6.55. The molecule has 0 aliphatic carbocycles. The van der Waals surface area contributed by atoms with Crippen LogP contribution in [-0.2, 0) is 15.2 Å². The van der Waals surface area contributed by atoms with Crippen LogP contribution >= 0.6 is 0 Å². The third kappa shape index (κ3) is 24.7. The molecule has 0 aliphatic heterocycles. The summed E-state index contributed by atoms with van der Waals surface area (Å²) in [6.07, 6.45) is 2.47. The van der Waals surface area contributed by atoms with Gasteiger partial charge in [0.15, 0.2) is 0 Å². The smallest absolute Gasteiger partial charge is 0.369 e. The van der Waals surface area contributed by atoms with Gasteiger partial charge in [-0.05, 0) is 13.3 Å². The lowest BCUT2D eigenvalue weighted by molar-refractivity contribution is -0.132. The SMILES string of the molecule is CCC=C(C)C(=O)O.NS(=O)(=O)F. The molecule has 0 heterocycles. The average Bonchev–Trinajstić information content (AvgIpc) is 1.84. The molecule has 0 aromatic carbocycles. The normalized spacial score (nSPS) is 11.5. The molecule has 0 aromatic heterocycles. The Labute approximate surface area is 76.4 Å². The first kappa shape index (κ1) is 14.6. The molecule has 0 spiro atoms. The van der Waals surface area contributed by atoms with Gasteiger partial charge in [-0.1, -0.05) is 16.9 Å². The predicted octanol–water partition coefficient (Wildman–Crippen LogP) is 0.587. The van der Waals surface area contributed by atoms with Crippen LogP contribution in [0.4, 0.5) is 3.89 Å². The van der Waals surface area contributed by atoms with Crippen molar-refractivity contribution >= 4 is 16.4 Å². The maximum absolute atomic E-state index is 10.4. The third-order valence-electron chi connectivity index (χ3n) is 0.848. The molecule has 0 saturated carbocycles. The van der Waals surface area contributed by atoms with Gasteiger partial charge in [0, 0.05) is 5.57 Å².